The van der Waals surface area contributed by atoms with Crippen molar-refractivity contribution in [3.8, 4) is 5.75 Å². The van der Waals surface area contributed by atoms with Gasteiger partial charge < -0.3 is 9.15 Å². The largest absolute Gasteiger partial charge is 0.487 e. The molecule has 4 rings (SSSR count). The highest BCUT2D eigenvalue weighted by Gasteiger charge is 2.65. The van der Waals surface area contributed by atoms with Gasteiger partial charge >= 0.3 is 10.2 Å². The zero-order chi connectivity index (χ0) is 27.5. The topological polar surface area (TPSA) is 112 Å². The lowest BCUT2D eigenvalue weighted by Gasteiger charge is -2.40. The van der Waals surface area contributed by atoms with Crippen molar-refractivity contribution in [2.75, 3.05) is 6.54 Å². The maximum Gasteiger partial charge on any atom is 0.310 e. The second kappa shape index (κ2) is 9.52. The number of halogens is 5. The Hall–Kier alpha value is -3.76. The standard InChI is InChI=1S/C22H20F5N5O4S2/c23-38(24,25,26,27)21-8-1-17(2-9-21)3-10-22-30-18(16-36-22)15-35-19-4-6-20(7-5-19)37(33,34)29-12-14-32-13-11-28-31-32/h1-11,13,16,29H,12,14-15H2. The van der Waals surface area contributed by atoms with E-state index in [4.69, 9.17) is 9.15 Å². The molecule has 9 nitrogen and oxygen atoms in total. The van der Waals surface area contributed by atoms with E-state index in [1.807, 2.05) is 0 Å². The summed E-state index contributed by atoms with van der Waals surface area (Å²) < 4.78 is 104. The smallest absolute Gasteiger partial charge is 0.310 e. The van der Waals surface area contributed by atoms with Crippen molar-refractivity contribution in [3.63, 3.8) is 0 Å². The third-order valence-electron chi connectivity index (χ3n) is 4.94. The van der Waals surface area contributed by atoms with Crippen molar-refractivity contribution >= 4 is 32.4 Å². The molecule has 4 aromatic rings. The highest BCUT2D eigenvalue weighted by atomic mass is 32.5. The second-order valence-electron chi connectivity index (χ2n) is 7.87. The number of rotatable bonds is 11. The van der Waals surface area contributed by atoms with Crippen LogP contribution in [-0.4, -0.2) is 34.9 Å². The van der Waals surface area contributed by atoms with Gasteiger partial charge in [0.15, 0.2) is 0 Å². The summed E-state index contributed by atoms with van der Waals surface area (Å²) >= 11 is 0. The van der Waals surface area contributed by atoms with E-state index in [1.54, 1.807) is 6.20 Å². The summed E-state index contributed by atoms with van der Waals surface area (Å²) in [4.78, 5) is 2.22. The normalized spacial score (nSPS) is 14.3. The number of ether oxygens (including phenoxy) is 1. The van der Waals surface area contributed by atoms with Crippen LogP contribution < -0.4 is 9.46 Å². The van der Waals surface area contributed by atoms with Crippen LogP contribution in [0.5, 0.6) is 5.75 Å². The number of hydrogen-bond donors (Lipinski definition) is 1. The molecular weight excluding hydrogens is 557 g/mol. The van der Waals surface area contributed by atoms with Gasteiger partial charge in [0, 0.05) is 18.8 Å². The van der Waals surface area contributed by atoms with Crippen molar-refractivity contribution in [2.24, 2.45) is 0 Å². The van der Waals surface area contributed by atoms with Gasteiger partial charge in [0.1, 0.15) is 29.2 Å². The van der Waals surface area contributed by atoms with E-state index in [2.05, 4.69) is 20.0 Å². The Balaban J connectivity index is 1.29. The molecule has 0 fully saturated rings. The van der Waals surface area contributed by atoms with Crippen molar-refractivity contribution < 1.29 is 37.0 Å². The molecule has 0 aliphatic carbocycles. The van der Waals surface area contributed by atoms with E-state index >= 15 is 0 Å². The Kier molecular flexibility index (Phi) is 6.83. The van der Waals surface area contributed by atoms with Gasteiger partial charge in [0.2, 0.25) is 15.9 Å². The first-order valence-electron chi connectivity index (χ1n) is 10.7. The first-order valence-corrected chi connectivity index (χ1v) is 14.1. The summed E-state index contributed by atoms with van der Waals surface area (Å²) in [5.74, 6) is 0.481. The molecule has 0 atom stereocenters. The maximum atomic E-state index is 12.8. The minimum atomic E-state index is -9.72. The molecule has 0 aliphatic heterocycles. The summed E-state index contributed by atoms with van der Waals surface area (Å²) in [6.45, 7) is 0.431. The van der Waals surface area contributed by atoms with Crippen LogP contribution in [0.3, 0.4) is 0 Å². The fourth-order valence-corrected chi connectivity index (χ4v) is 4.74. The molecule has 38 heavy (non-hydrogen) atoms. The van der Waals surface area contributed by atoms with E-state index in [0.717, 1.165) is 12.1 Å². The molecule has 2 heterocycles. The third kappa shape index (κ3) is 7.39. The summed E-state index contributed by atoms with van der Waals surface area (Å²) in [5, 5.41) is 7.39. The highest BCUT2D eigenvalue weighted by Crippen LogP contribution is 3.02. The van der Waals surface area contributed by atoms with Gasteiger partial charge in [-0.15, -0.1) is 5.10 Å². The fraction of sp³-hybridized carbons (Fsp3) is 0.136. The number of benzene rings is 2. The Morgan fingerprint density at radius 2 is 1.71 bits per heavy atom. The fourth-order valence-electron chi connectivity index (χ4n) is 3.07. The number of nitrogens with one attached hydrogen (secondary N) is 1. The monoisotopic (exact) mass is 577 g/mol. The van der Waals surface area contributed by atoms with Crippen LogP contribution in [0.1, 0.15) is 17.1 Å². The number of sulfonamides is 1. The molecule has 1 N–H and O–H groups in total. The summed E-state index contributed by atoms with van der Waals surface area (Å²) in [6.07, 6.45) is 7.11. The van der Waals surface area contributed by atoms with Crippen LogP contribution >= 0.6 is 10.2 Å². The molecule has 0 spiro atoms. The predicted molar refractivity (Wildman–Crippen MR) is 129 cm³/mol. The molecule has 2 aromatic carbocycles. The zero-order valence-electron chi connectivity index (χ0n) is 19.3. The molecule has 0 unspecified atom stereocenters. The molecule has 2 aromatic heterocycles. The van der Waals surface area contributed by atoms with Crippen LogP contribution in [0.4, 0.5) is 19.4 Å². The van der Waals surface area contributed by atoms with E-state index in [9.17, 15) is 27.8 Å². The van der Waals surface area contributed by atoms with Crippen molar-refractivity contribution in [1.82, 2.24) is 24.7 Å². The van der Waals surface area contributed by atoms with Gasteiger partial charge in [-0.25, -0.2) is 18.1 Å². The molecule has 204 valence electrons. The first-order chi connectivity index (χ1) is 17.7. The summed E-state index contributed by atoms with van der Waals surface area (Å²) in [7, 11) is -13.5. The number of hydrogen-bond acceptors (Lipinski definition) is 7. The molecule has 0 saturated carbocycles. The van der Waals surface area contributed by atoms with E-state index in [1.165, 1.54) is 53.6 Å². The average Bonchev–Trinajstić information content (AvgIpc) is 3.53. The SMILES string of the molecule is O=S(=O)(NCCn1ccnn1)c1ccc(OCc2coc(C=Cc3ccc(S(F)(F)(F)(F)F)cc3)n2)cc1. The molecule has 0 bridgehead atoms. The first kappa shape index (κ1) is 27.3. The molecule has 0 saturated heterocycles. The lowest BCUT2D eigenvalue weighted by atomic mass is 10.2. The molecular formula is C22H20F5N5O4S2. The van der Waals surface area contributed by atoms with Crippen LogP contribution in [0.15, 0.2) is 81.4 Å². The Bertz CT molecular complexity index is 1520. The van der Waals surface area contributed by atoms with E-state index in [0.29, 0.717) is 30.1 Å². The quantitative estimate of drug-likeness (QED) is 0.229. The van der Waals surface area contributed by atoms with E-state index in [-0.39, 0.29) is 29.5 Å². The van der Waals surface area contributed by atoms with Gasteiger partial charge in [0.25, 0.3) is 0 Å². The minimum absolute atomic E-state index is 0.0157. The number of nitrogens with zero attached hydrogens (tertiary/aromatic N) is 4. The Morgan fingerprint density at radius 3 is 2.34 bits per heavy atom. The maximum absolute atomic E-state index is 12.8. The predicted octanol–water partition coefficient (Wildman–Crippen LogP) is 5.65. The van der Waals surface area contributed by atoms with Gasteiger partial charge in [-0.2, -0.15) is 0 Å². The number of aromatic nitrogens is 4. The van der Waals surface area contributed by atoms with Gasteiger partial charge in [-0.3, -0.25) is 4.68 Å². The highest BCUT2D eigenvalue weighted by molar-refractivity contribution is 8.45. The van der Waals surface area contributed by atoms with Crippen LogP contribution in [0.25, 0.3) is 12.2 Å². The summed E-state index contributed by atoms with van der Waals surface area (Å²) in [6, 6.07) is 8.17. The second-order valence-corrected chi connectivity index (χ2v) is 12.0. The van der Waals surface area contributed by atoms with Crippen molar-refractivity contribution in [1.29, 1.82) is 0 Å². The van der Waals surface area contributed by atoms with Crippen LogP contribution in [0, 0.1) is 0 Å². The minimum Gasteiger partial charge on any atom is -0.487 e. The molecule has 0 radical (unpaired) electrons. The third-order valence-corrected chi connectivity index (χ3v) is 7.58. The lowest BCUT2D eigenvalue weighted by Crippen LogP contribution is -2.27. The Morgan fingerprint density at radius 1 is 1.00 bits per heavy atom. The van der Waals surface area contributed by atoms with E-state index < -0.39 is 25.1 Å². The van der Waals surface area contributed by atoms with Gasteiger partial charge in [-0.05, 0) is 48.0 Å². The zero-order valence-corrected chi connectivity index (χ0v) is 20.9. The molecule has 0 aliphatic rings. The van der Waals surface area contributed by atoms with Gasteiger partial charge in [0.05, 0.1) is 17.6 Å². The van der Waals surface area contributed by atoms with Crippen LogP contribution in [0.2, 0.25) is 0 Å². The number of oxazole rings is 1. The van der Waals surface area contributed by atoms with Gasteiger partial charge in [-0.1, -0.05) is 36.8 Å². The lowest BCUT2D eigenvalue weighted by molar-refractivity contribution is 0.301. The summed E-state index contributed by atoms with van der Waals surface area (Å²) in [5.41, 5.74) is 0.613. The Labute approximate surface area is 213 Å². The molecule has 16 heteroatoms. The van der Waals surface area contributed by atoms with Crippen LogP contribution in [-0.2, 0) is 23.2 Å². The average molecular weight is 578 g/mol. The van der Waals surface area contributed by atoms with Crippen molar-refractivity contribution in [3.05, 3.63) is 84.3 Å². The molecule has 0 amide bonds. The van der Waals surface area contributed by atoms with Crippen molar-refractivity contribution in [2.45, 2.75) is 22.9 Å².